The van der Waals surface area contributed by atoms with Gasteiger partial charge in [-0.1, -0.05) is 25.1 Å². The van der Waals surface area contributed by atoms with Gasteiger partial charge in [0, 0.05) is 23.7 Å². The SMILES string of the molecule is CC(COC(=O)Nc1ccn(C2OC(CO)C(O)C2(F)F)c(=O)n1)c1ccccc1[N+](=O)[O-]. The van der Waals surface area contributed by atoms with Gasteiger partial charge in [0.05, 0.1) is 11.5 Å². The molecule has 178 valence electrons. The normalized spacial score (nSPS) is 22.5. The van der Waals surface area contributed by atoms with Gasteiger partial charge in [0.15, 0.2) is 6.10 Å². The summed E-state index contributed by atoms with van der Waals surface area (Å²) in [5.41, 5.74) is -0.979. The van der Waals surface area contributed by atoms with E-state index in [1.54, 1.807) is 13.0 Å². The Labute approximate surface area is 184 Å². The van der Waals surface area contributed by atoms with E-state index in [4.69, 9.17) is 14.6 Å². The summed E-state index contributed by atoms with van der Waals surface area (Å²) >= 11 is 0. The van der Waals surface area contributed by atoms with Crippen LogP contribution in [0, 0.1) is 10.1 Å². The van der Waals surface area contributed by atoms with Gasteiger partial charge in [-0.05, 0) is 6.07 Å². The number of nitrogens with zero attached hydrogens (tertiary/aromatic N) is 3. The second kappa shape index (κ2) is 9.56. The molecule has 0 bridgehead atoms. The number of aliphatic hydroxyl groups is 2. The Morgan fingerprint density at radius 1 is 1.42 bits per heavy atom. The molecule has 33 heavy (non-hydrogen) atoms. The number of aliphatic hydroxyl groups excluding tert-OH is 2. The first-order valence-electron chi connectivity index (χ1n) is 9.64. The third-order valence-electron chi connectivity index (χ3n) is 5.00. The molecule has 1 amide bonds. The number of aromatic nitrogens is 2. The molecule has 2 aromatic rings. The maximum atomic E-state index is 14.2. The van der Waals surface area contributed by atoms with Crippen molar-refractivity contribution >= 4 is 17.6 Å². The molecule has 3 N–H and O–H groups in total. The lowest BCUT2D eigenvalue weighted by Crippen LogP contribution is -2.41. The minimum atomic E-state index is -3.87. The third-order valence-corrected chi connectivity index (χ3v) is 5.00. The number of nitrogens with one attached hydrogen (secondary N) is 1. The zero-order chi connectivity index (χ0) is 24.3. The first-order chi connectivity index (χ1) is 15.6. The number of benzene rings is 1. The van der Waals surface area contributed by atoms with Gasteiger partial charge in [0.2, 0.25) is 6.23 Å². The van der Waals surface area contributed by atoms with Crippen LogP contribution in [-0.4, -0.2) is 62.1 Å². The molecule has 1 aromatic carbocycles. The third kappa shape index (κ3) is 4.97. The van der Waals surface area contributed by atoms with Crippen LogP contribution >= 0.6 is 0 Å². The first kappa shape index (κ1) is 24.2. The van der Waals surface area contributed by atoms with Crippen LogP contribution in [0.3, 0.4) is 0 Å². The van der Waals surface area contributed by atoms with Gasteiger partial charge >= 0.3 is 17.7 Å². The van der Waals surface area contributed by atoms with Crippen LogP contribution in [0.15, 0.2) is 41.3 Å². The summed E-state index contributed by atoms with van der Waals surface area (Å²) < 4.78 is 38.7. The number of rotatable bonds is 7. The number of hydrogen-bond acceptors (Lipinski definition) is 9. The molecular formula is C19H20F2N4O8. The van der Waals surface area contributed by atoms with Crippen LogP contribution < -0.4 is 11.0 Å². The van der Waals surface area contributed by atoms with E-state index in [1.165, 1.54) is 18.2 Å². The molecule has 1 aromatic heterocycles. The zero-order valence-corrected chi connectivity index (χ0v) is 17.1. The number of anilines is 1. The van der Waals surface area contributed by atoms with Crippen LogP contribution in [-0.2, 0) is 9.47 Å². The molecular weight excluding hydrogens is 450 g/mol. The van der Waals surface area contributed by atoms with Crippen LogP contribution in [0.2, 0.25) is 0 Å². The summed E-state index contributed by atoms with van der Waals surface area (Å²) in [4.78, 5) is 38.3. The van der Waals surface area contributed by atoms with Crippen molar-refractivity contribution in [2.24, 2.45) is 0 Å². The molecule has 12 nitrogen and oxygen atoms in total. The average Bonchev–Trinajstić information content (AvgIpc) is 3.00. The van der Waals surface area contributed by atoms with Crippen molar-refractivity contribution in [2.45, 2.75) is 37.2 Å². The zero-order valence-electron chi connectivity index (χ0n) is 17.1. The van der Waals surface area contributed by atoms with Gasteiger partial charge < -0.3 is 19.7 Å². The van der Waals surface area contributed by atoms with Crippen LogP contribution in [0.5, 0.6) is 0 Å². The molecule has 2 heterocycles. The number of hydrogen-bond donors (Lipinski definition) is 3. The van der Waals surface area contributed by atoms with E-state index < -0.39 is 53.6 Å². The largest absolute Gasteiger partial charge is 0.449 e. The highest BCUT2D eigenvalue weighted by Gasteiger charge is 2.59. The van der Waals surface area contributed by atoms with E-state index in [0.717, 1.165) is 12.3 Å². The Balaban J connectivity index is 1.64. The maximum absolute atomic E-state index is 14.2. The molecule has 1 saturated heterocycles. The number of carbonyl (C=O) groups is 1. The molecule has 0 radical (unpaired) electrons. The summed E-state index contributed by atoms with van der Waals surface area (Å²) in [5, 5.41) is 31.9. The van der Waals surface area contributed by atoms with Gasteiger partial charge in [-0.25, -0.2) is 9.59 Å². The highest BCUT2D eigenvalue weighted by molar-refractivity contribution is 5.83. The summed E-state index contributed by atoms with van der Waals surface area (Å²) in [6.07, 6.45) is -6.26. The molecule has 4 unspecified atom stereocenters. The van der Waals surface area contributed by atoms with Gasteiger partial charge in [-0.2, -0.15) is 13.8 Å². The van der Waals surface area contributed by atoms with Crippen molar-refractivity contribution in [1.29, 1.82) is 0 Å². The topological polar surface area (TPSA) is 166 Å². The Morgan fingerprint density at radius 3 is 2.73 bits per heavy atom. The van der Waals surface area contributed by atoms with Crippen LogP contribution in [0.25, 0.3) is 0 Å². The minimum absolute atomic E-state index is 0.126. The predicted octanol–water partition coefficient (Wildman–Crippen LogP) is 1.39. The highest BCUT2D eigenvalue weighted by Crippen LogP contribution is 2.42. The fourth-order valence-corrected chi connectivity index (χ4v) is 3.28. The van der Waals surface area contributed by atoms with E-state index in [2.05, 4.69) is 10.3 Å². The number of nitro benzene ring substituents is 1. The van der Waals surface area contributed by atoms with Gasteiger partial charge in [-0.3, -0.25) is 20.0 Å². The molecule has 3 rings (SSSR count). The Morgan fingerprint density at radius 2 is 2.12 bits per heavy atom. The van der Waals surface area contributed by atoms with E-state index in [1.807, 2.05) is 0 Å². The molecule has 1 aliphatic heterocycles. The molecule has 0 spiro atoms. The number of carbonyl (C=O) groups excluding carboxylic acids is 1. The van der Waals surface area contributed by atoms with E-state index in [9.17, 15) is 33.6 Å². The lowest BCUT2D eigenvalue weighted by atomic mass is 10.0. The Bertz CT molecular complexity index is 1100. The standard InChI is InChI=1S/C19H20F2N4O8/c1-10(11-4-2-3-5-12(11)25(30)31)9-32-18(29)23-14-6-7-24(17(28)22-14)16-19(20,21)15(27)13(8-26)33-16/h2-7,10,13,15-16,26-27H,8-9H2,1H3,(H,22,23,28,29). The van der Waals surface area contributed by atoms with Crippen molar-refractivity contribution in [3.05, 3.63) is 62.7 Å². The second-order valence-electron chi connectivity index (χ2n) is 7.27. The number of para-hydroxylation sites is 1. The lowest BCUT2D eigenvalue weighted by Gasteiger charge is -2.21. The lowest BCUT2D eigenvalue weighted by molar-refractivity contribution is -0.385. The Hall–Kier alpha value is -3.49. The van der Waals surface area contributed by atoms with Gasteiger partial charge in [0.1, 0.15) is 18.5 Å². The number of nitro groups is 1. The van der Waals surface area contributed by atoms with E-state index >= 15 is 0 Å². The van der Waals surface area contributed by atoms with Crippen LogP contribution in [0.1, 0.15) is 24.6 Å². The maximum Gasteiger partial charge on any atom is 0.412 e. The molecule has 14 heteroatoms. The average molecular weight is 470 g/mol. The number of alkyl halides is 2. The summed E-state index contributed by atoms with van der Waals surface area (Å²) in [6.45, 7) is 0.507. The first-order valence-corrected chi connectivity index (χ1v) is 9.64. The van der Waals surface area contributed by atoms with Crippen molar-refractivity contribution in [1.82, 2.24) is 9.55 Å². The van der Waals surface area contributed by atoms with Crippen molar-refractivity contribution < 1.29 is 38.2 Å². The summed E-state index contributed by atoms with van der Waals surface area (Å²) in [6, 6.07) is 7.00. The molecule has 1 aliphatic rings. The smallest absolute Gasteiger partial charge is 0.412 e. The van der Waals surface area contributed by atoms with Crippen molar-refractivity contribution in [3.63, 3.8) is 0 Å². The Kier molecular flexibility index (Phi) is 7.00. The van der Waals surface area contributed by atoms with Gasteiger partial charge in [0.25, 0.3) is 5.69 Å². The van der Waals surface area contributed by atoms with Crippen LogP contribution in [0.4, 0.5) is 25.1 Å². The van der Waals surface area contributed by atoms with Crippen molar-refractivity contribution in [2.75, 3.05) is 18.5 Å². The summed E-state index contributed by atoms with van der Waals surface area (Å²) in [7, 11) is 0. The quantitative estimate of drug-likeness (QED) is 0.400. The fourth-order valence-electron chi connectivity index (χ4n) is 3.28. The monoisotopic (exact) mass is 470 g/mol. The van der Waals surface area contributed by atoms with E-state index in [0.29, 0.717) is 10.1 Å². The number of ether oxygens (including phenoxy) is 2. The van der Waals surface area contributed by atoms with E-state index in [-0.39, 0.29) is 18.1 Å². The number of amides is 1. The molecule has 4 atom stereocenters. The minimum Gasteiger partial charge on any atom is -0.449 e. The molecule has 1 fully saturated rings. The molecule has 0 saturated carbocycles. The van der Waals surface area contributed by atoms with Gasteiger partial charge in [-0.15, -0.1) is 0 Å². The number of halogens is 2. The second-order valence-corrected chi connectivity index (χ2v) is 7.27. The summed E-state index contributed by atoms with van der Waals surface area (Å²) in [5.74, 6) is -4.70. The van der Waals surface area contributed by atoms with Crippen molar-refractivity contribution in [3.8, 4) is 0 Å². The fraction of sp³-hybridized carbons (Fsp3) is 0.421. The predicted molar refractivity (Wildman–Crippen MR) is 107 cm³/mol. The highest BCUT2D eigenvalue weighted by atomic mass is 19.3. The molecule has 0 aliphatic carbocycles.